The van der Waals surface area contributed by atoms with Crippen LogP contribution < -0.4 is 0 Å². The topological polar surface area (TPSA) is 75.3 Å². The molecule has 134 valence electrons. The molecule has 0 bridgehead atoms. The predicted molar refractivity (Wildman–Crippen MR) is 96.9 cm³/mol. The first kappa shape index (κ1) is 16.9. The number of likely N-dealkylation sites (tertiary alicyclic amines) is 1. The summed E-state index contributed by atoms with van der Waals surface area (Å²) in [5.41, 5.74) is 2.54. The van der Waals surface area contributed by atoms with Crippen molar-refractivity contribution in [3.05, 3.63) is 66.4 Å². The van der Waals surface area contributed by atoms with Gasteiger partial charge in [-0.3, -0.25) is 14.9 Å². The van der Waals surface area contributed by atoms with Gasteiger partial charge >= 0.3 is 0 Å². The molecule has 26 heavy (non-hydrogen) atoms. The fourth-order valence-electron chi connectivity index (χ4n) is 3.48. The van der Waals surface area contributed by atoms with Gasteiger partial charge in [0, 0.05) is 30.2 Å². The van der Waals surface area contributed by atoms with Crippen molar-refractivity contribution in [3.63, 3.8) is 0 Å². The Bertz CT molecular complexity index is 814. The first-order chi connectivity index (χ1) is 12.8. The van der Waals surface area contributed by atoms with E-state index in [-0.39, 0.29) is 5.92 Å². The maximum atomic E-state index is 10.5. The van der Waals surface area contributed by atoms with Crippen molar-refractivity contribution in [1.29, 1.82) is 0 Å². The van der Waals surface area contributed by atoms with Crippen LogP contribution in [0.25, 0.3) is 11.3 Å². The zero-order chi connectivity index (χ0) is 17.8. The van der Waals surface area contributed by atoms with Crippen LogP contribution in [0.5, 0.6) is 0 Å². The number of hydrogen-bond acceptors (Lipinski definition) is 6. The van der Waals surface area contributed by atoms with Gasteiger partial charge in [0.05, 0.1) is 18.3 Å². The fourth-order valence-corrected chi connectivity index (χ4v) is 3.48. The molecule has 3 aromatic rings. The molecule has 1 N–H and O–H groups in total. The normalized spacial score (nSPS) is 17.3. The molecule has 1 aliphatic heterocycles. The summed E-state index contributed by atoms with van der Waals surface area (Å²) in [7, 11) is 0. The van der Waals surface area contributed by atoms with Gasteiger partial charge in [0.2, 0.25) is 0 Å². The highest BCUT2D eigenvalue weighted by molar-refractivity contribution is 5.57. The molecule has 0 aliphatic carbocycles. The van der Waals surface area contributed by atoms with Gasteiger partial charge in [0.1, 0.15) is 5.69 Å². The van der Waals surface area contributed by atoms with Crippen molar-refractivity contribution in [2.75, 3.05) is 13.1 Å². The molecule has 1 atom stereocenters. The molecule has 1 saturated heterocycles. The molecular formula is C20H22N4O2. The van der Waals surface area contributed by atoms with Gasteiger partial charge in [-0.2, -0.15) is 0 Å². The van der Waals surface area contributed by atoms with Gasteiger partial charge < -0.3 is 9.63 Å². The van der Waals surface area contributed by atoms with Crippen LogP contribution in [0.15, 0.2) is 59.5 Å². The highest BCUT2D eigenvalue weighted by Gasteiger charge is 2.27. The Morgan fingerprint density at radius 3 is 2.77 bits per heavy atom. The number of nitrogens with zero attached hydrogens (tertiary/aromatic N) is 4. The van der Waals surface area contributed by atoms with Gasteiger partial charge in [-0.25, -0.2) is 0 Å². The maximum absolute atomic E-state index is 10.5. The minimum atomic E-state index is -0.485. The molecule has 0 radical (unpaired) electrons. The number of aliphatic hydroxyl groups excluding tert-OH is 1. The van der Waals surface area contributed by atoms with E-state index in [1.165, 1.54) is 0 Å². The highest BCUT2D eigenvalue weighted by atomic mass is 16.5. The van der Waals surface area contributed by atoms with Gasteiger partial charge in [-0.15, -0.1) is 0 Å². The Labute approximate surface area is 152 Å². The highest BCUT2D eigenvalue weighted by Crippen LogP contribution is 2.30. The number of piperidine rings is 1. The molecule has 1 fully saturated rings. The summed E-state index contributed by atoms with van der Waals surface area (Å²) in [6.45, 7) is 2.59. The van der Waals surface area contributed by atoms with Crippen LogP contribution in [0.2, 0.25) is 0 Å². The minimum Gasteiger partial charge on any atom is -0.387 e. The first-order valence-electron chi connectivity index (χ1n) is 8.97. The lowest BCUT2D eigenvalue weighted by Crippen LogP contribution is -2.35. The van der Waals surface area contributed by atoms with E-state index in [1.807, 2.05) is 36.4 Å². The third-order valence-electron chi connectivity index (χ3n) is 4.97. The van der Waals surface area contributed by atoms with Crippen molar-refractivity contribution >= 4 is 0 Å². The summed E-state index contributed by atoms with van der Waals surface area (Å²) in [5.74, 6) is 1.11. The second kappa shape index (κ2) is 7.76. The van der Waals surface area contributed by atoms with Crippen LogP contribution in [-0.4, -0.2) is 38.2 Å². The van der Waals surface area contributed by atoms with E-state index in [2.05, 4.69) is 20.0 Å². The quantitative estimate of drug-likeness (QED) is 0.762. The summed E-state index contributed by atoms with van der Waals surface area (Å²) in [5, 5.41) is 14.7. The van der Waals surface area contributed by atoms with E-state index in [4.69, 9.17) is 4.52 Å². The largest absolute Gasteiger partial charge is 0.387 e. The van der Waals surface area contributed by atoms with E-state index in [9.17, 15) is 5.11 Å². The fraction of sp³-hybridized carbons (Fsp3) is 0.350. The van der Waals surface area contributed by atoms with Crippen LogP contribution in [-0.2, 0) is 6.54 Å². The lowest BCUT2D eigenvalue weighted by molar-refractivity contribution is 0.0516. The molecule has 1 aliphatic rings. The third kappa shape index (κ3) is 3.81. The van der Waals surface area contributed by atoms with Crippen LogP contribution in [0.1, 0.15) is 30.4 Å². The SMILES string of the molecule is O[C@@H](c1ccccn1)C1CCN(Cc2cc(-c3cccnc3)no2)CC1. The summed E-state index contributed by atoms with van der Waals surface area (Å²) in [6, 6.07) is 11.5. The Balaban J connectivity index is 1.32. The summed E-state index contributed by atoms with van der Waals surface area (Å²) in [6.07, 6.45) is 6.67. The Morgan fingerprint density at radius 1 is 1.15 bits per heavy atom. The number of aromatic nitrogens is 3. The average molecular weight is 350 g/mol. The van der Waals surface area contributed by atoms with Crippen LogP contribution >= 0.6 is 0 Å². The van der Waals surface area contributed by atoms with Crippen LogP contribution in [0.3, 0.4) is 0 Å². The molecule has 0 unspecified atom stereocenters. The average Bonchev–Trinajstić information content (AvgIpc) is 3.18. The monoisotopic (exact) mass is 350 g/mol. The van der Waals surface area contributed by atoms with Crippen molar-refractivity contribution < 1.29 is 9.63 Å². The summed E-state index contributed by atoms with van der Waals surface area (Å²) in [4.78, 5) is 10.7. The Kier molecular flexibility index (Phi) is 5.04. The van der Waals surface area contributed by atoms with E-state index in [0.29, 0.717) is 0 Å². The number of pyridine rings is 2. The van der Waals surface area contributed by atoms with Gasteiger partial charge in [-0.1, -0.05) is 11.2 Å². The molecule has 3 aromatic heterocycles. The van der Waals surface area contributed by atoms with Gasteiger partial charge in [-0.05, 0) is 56.1 Å². The second-order valence-electron chi connectivity index (χ2n) is 6.73. The maximum Gasteiger partial charge on any atom is 0.151 e. The molecule has 4 heterocycles. The van der Waals surface area contributed by atoms with E-state index in [0.717, 1.165) is 55.2 Å². The molecule has 0 amide bonds. The number of rotatable bonds is 5. The second-order valence-corrected chi connectivity index (χ2v) is 6.73. The molecule has 0 aromatic carbocycles. The summed E-state index contributed by atoms with van der Waals surface area (Å²) >= 11 is 0. The molecule has 4 rings (SSSR count). The van der Waals surface area contributed by atoms with Crippen molar-refractivity contribution in [2.45, 2.75) is 25.5 Å². The summed E-state index contributed by atoms with van der Waals surface area (Å²) < 4.78 is 5.49. The molecule has 6 heteroatoms. The van der Waals surface area contributed by atoms with Crippen LogP contribution in [0.4, 0.5) is 0 Å². The number of hydrogen-bond donors (Lipinski definition) is 1. The lowest BCUT2D eigenvalue weighted by atomic mass is 9.89. The van der Waals surface area contributed by atoms with Crippen molar-refractivity contribution in [2.24, 2.45) is 5.92 Å². The molecule has 0 saturated carbocycles. The Morgan fingerprint density at radius 2 is 2.04 bits per heavy atom. The van der Waals surface area contributed by atoms with Gasteiger partial charge in [0.15, 0.2) is 5.76 Å². The van der Waals surface area contributed by atoms with Crippen LogP contribution in [0, 0.1) is 5.92 Å². The Hall–Kier alpha value is -2.57. The van der Waals surface area contributed by atoms with Gasteiger partial charge in [0.25, 0.3) is 0 Å². The van der Waals surface area contributed by atoms with Crippen molar-refractivity contribution in [3.8, 4) is 11.3 Å². The lowest BCUT2D eigenvalue weighted by Gasteiger charge is -2.33. The third-order valence-corrected chi connectivity index (χ3v) is 4.97. The zero-order valence-electron chi connectivity index (χ0n) is 14.5. The minimum absolute atomic E-state index is 0.252. The smallest absolute Gasteiger partial charge is 0.151 e. The molecular weight excluding hydrogens is 328 g/mol. The molecule has 0 spiro atoms. The zero-order valence-corrected chi connectivity index (χ0v) is 14.5. The van der Waals surface area contributed by atoms with E-state index >= 15 is 0 Å². The standard InChI is InChI=1S/C20H22N4O2/c25-20(18-5-1-2-9-22-18)15-6-10-24(11-7-15)14-17-12-19(23-26-17)16-4-3-8-21-13-16/h1-5,8-9,12-13,15,20,25H,6-7,10-11,14H2/t20-/m1/s1. The first-order valence-corrected chi connectivity index (χ1v) is 8.97. The molecule has 6 nitrogen and oxygen atoms in total. The van der Waals surface area contributed by atoms with E-state index in [1.54, 1.807) is 18.6 Å². The predicted octanol–water partition coefficient (Wildman–Crippen LogP) is 3.08. The van der Waals surface area contributed by atoms with E-state index < -0.39 is 6.10 Å². The van der Waals surface area contributed by atoms with Crippen molar-refractivity contribution in [1.82, 2.24) is 20.0 Å². The number of aliphatic hydroxyl groups is 1.